The van der Waals surface area contributed by atoms with Crippen molar-refractivity contribution in [3.63, 3.8) is 0 Å². The number of hydrogen-bond donors (Lipinski definition) is 0. The minimum absolute atomic E-state index is 1.20. The Hall–Kier alpha value is -2.19. The first-order valence-electron chi connectivity index (χ1n) is 6.15. The predicted molar refractivity (Wildman–Crippen MR) is 81.4 cm³/mol. The average molecular weight is 260 g/mol. The van der Waals surface area contributed by atoms with Crippen LogP contribution in [-0.4, -0.2) is 4.98 Å². The second kappa shape index (κ2) is 4.18. The van der Waals surface area contributed by atoms with Crippen LogP contribution in [-0.2, 0) is 0 Å². The molecule has 0 N–H and O–H groups in total. The van der Waals surface area contributed by atoms with Gasteiger partial charge in [0.1, 0.15) is 0 Å². The summed E-state index contributed by atoms with van der Waals surface area (Å²) in [6.45, 7) is 0. The highest BCUT2D eigenvalue weighted by molar-refractivity contribution is 7.25. The van der Waals surface area contributed by atoms with E-state index in [4.69, 9.17) is 0 Å². The molecule has 0 atom stereocenters. The molecule has 1 nitrogen and oxygen atoms in total. The SMILES string of the molecule is [c]1cccc2sc3ccc(-c4ccncc4)cc3c12. The zero-order valence-corrected chi connectivity index (χ0v) is 10.9. The molecule has 0 bridgehead atoms. The van der Waals surface area contributed by atoms with E-state index >= 15 is 0 Å². The molecule has 2 aromatic heterocycles. The largest absolute Gasteiger partial charge is 0.265 e. The molecule has 0 aliphatic heterocycles. The maximum Gasteiger partial charge on any atom is 0.0361 e. The monoisotopic (exact) mass is 260 g/mol. The first kappa shape index (κ1) is 10.7. The number of hydrogen-bond acceptors (Lipinski definition) is 2. The molecule has 2 aromatic carbocycles. The fraction of sp³-hybridized carbons (Fsp3) is 0. The Balaban J connectivity index is 2.03. The van der Waals surface area contributed by atoms with Crippen LogP contribution in [0.25, 0.3) is 31.3 Å². The molecule has 2 heterocycles. The van der Waals surface area contributed by atoms with Gasteiger partial charge in [-0.05, 0) is 47.5 Å². The van der Waals surface area contributed by atoms with Crippen LogP contribution in [0.4, 0.5) is 0 Å². The quantitative estimate of drug-likeness (QED) is 0.473. The molecule has 19 heavy (non-hydrogen) atoms. The van der Waals surface area contributed by atoms with E-state index in [1.165, 1.54) is 31.3 Å². The fourth-order valence-electron chi connectivity index (χ4n) is 2.37. The molecular formula is C17H10NS. The van der Waals surface area contributed by atoms with Crippen molar-refractivity contribution in [2.45, 2.75) is 0 Å². The zero-order valence-electron chi connectivity index (χ0n) is 10.1. The highest BCUT2D eigenvalue weighted by Gasteiger charge is 2.06. The van der Waals surface area contributed by atoms with Crippen LogP contribution in [0.5, 0.6) is 0 Å². The number of benzene rings is 2. The summed E-state index contributed by atoms with van der Waals surface area (Å²) in [6.07, 6.45) is 3.66. The summed E-state index contributed by atoms with van der Waals surface area (Å²) in [5.74, 6) is 0. The summed E-state index contributed by atoms with van der Waals surface area (Å²) < 4.78 is 2.61. The van der Waals surface area contributed by atoms with E-state index in [2.05, 4.69) is 35.3 Å². The number of pyridine rings is 1. The van der Waals surface area contributed by atoms with Gasteiger partial charge >= 0.3 is 0 Å². The van der Waals surface area contributed by atoms with Crippen molar-refractivity contribution in [1.29, 1.82) is 0 Å². The zero-order chi connectivity index (χ0) is 12.7. The molecule has 0 spiro atoms. The summed E-state index contributed by atoms with van der Waals surface area (Å²) in [7, 11) is 0. The van der Waals surface area contributed by atoms with Crippen molar-refractivity contribution in [2.24, 2.45) is 0 Å². The van der Waals surface area contributed by atoms with Crippen LogP contribution in [0.1, 0.15) is 0 Å². The van der Waals surface area contributed by atoms with Crippen molar-refractivity contribution in [2.75, 3.05) is 0 Å². The number of rotatable bonds is 1. The molecule has 0 amide bonds. The van der Waals surface area contributed by atoms with Gasteiger partial charge in [0.15, 0.2) is 0 Å². The smallest absolute Gasteiger partial charge is 0.0361 e. The average Bonchev–Trinajstić information content (AvgIpc) is 2.86. The highest BCUT2D eigenvalue weighted by atomic mass is 32.1. The Morgan fingerprint density at radius 2 is 1.79 bits per heavy atom. The van der Waals surface area contributed by atoms with Gasteiger partial charge < -0.3 is 0 Å². The van der Waals surface area contributed by atoms with Crippen LogP contribution >= 0.6 is 11.3 Å². The van der Waals surface area contributed by atoms with E-state index in [9.17, 15) is 0 Å². The molecule has 4 aromatic rings. The number of thiophene rings is 1. The Bertz CT molecular complexity index is 862. The molecule has 0 fully saturated rings. The van der Waals surface area contributed by atoms with Crippen molar-refractivity contribution in [3.05, 3.63) is 67.0 Å². The van der Waals surface area contributed by atoms with E-state index in [1.807, 2.05) is 48.0 Å². The van der Waals surface area contributed by atoms with Crippen LogP contribution < -0.4 is 0 Å². The summed E-state index contributed by atoms with van der Waals surface area (Å²) >= 11 is 1.82. The minimum atomic E-state index is 1.20. The maximum atomic E-state index is 4.07. The minimum Gasteiger partial charge on any atom is -0.265 e. The molecule has 4 rings (SSSR count). The van der Waals surface area contributed by atoms with Gasteiger partial charge in [-0.2, -0.15) is 0 Å². The second-order valence-corrected chi connectivity index (χ2v) is 5.54. The summed E-state index contributed by atoms with van der Waals surface area (Å²) in [5.41, 5.74) is 2.43. The molecule has 0 aliphatic rings. The van der Waals surface area contributed by atoms with Crippen LogP contribution in [0.15, 0.2) is 60.9 Å². The van der Waals surface area contributed by atoms with Crippen molar-refractivity contribution in [3.8, 4) is 11.1 Å². The standard InChI is InChI=1S/C17H10NS/c1-2-4-16-14(3-1)15-11-13(5-6-17(15)19-16)12-7-9-18-10-8-12/h1-2,4-11H. The van der Waals surface area contributed by atoms with Crippen molar-refractivity contribution >= 4 is 31.5 Å². The van der Waals surface area contributed by atoms with Crippen LogP contribution in [0, 0.1) is 6.07 Å². The molecule has 0 unspecified atom stereocenters. The van der Waals surface area contributed by atoms with E-state index in [0.29, 0.717) is 0 Å². The first-order chi connectivity index (χ1) is 9.42. The van der Waals surface area contributed by atoms with Crippen LogP contribution in [0.2, 0.25) is 0 Å². The number of nitrogens with zero attached hydrogens (tertiary/aromatic N) is 1. The first-order valence-corrected chi connectivity index (χ1v) is 6.97. The Morgan fingerprint density at radius 3 is 2.68 bits per heavy atom. The fourth-order valence-corrected chi connectivity index (χ4v) is 3.44. The lowest BCUT2D eigenvalue weighted by molar-refractivity contribution is 1.33. The lowest BCUT2D eigenvalue weighted by Gasteiger charge is -2.01. The number of fused-ring (bicyclic) bond motifs is 3. The van der Waals surface area contributed by atoms with Crippen molar-refractivity contribution < 1.29 is 0 Å². The predicted octanol–water partition coefficient (Wildman–Crippen LogP) is 4.92. The highest BCUT2D eigenvalue weighted by Crippen LogP contribution is 2.35. The van der Waals surface area contributed by atoms with Gasteiger partial charge in [-0.25, -0.2) is 0 Å². The lowest BCUT2D eigenvalue weighted by atomic mass is 10.0. The molecule has 2 heteroatoms. The van der Waals surface area contributed by atoms with Crippen molar-refractivity contribution in [1.82, 2.24) is 4.98 Å². The summed E-state index contributed by atoms with van der Waals surface area (Å²) in [4.78, 5) is 4.07. The normalized spacial score (nSPS) is 11.2. The van der Waals surface area contributed by atoms with Gasteiger partial charge in [0.05, 0.1) is 0 Å². The van der Waals surface area contributed by atoms with Gasteiger partial charge in [-0.3, -0.25) is 4.98 Å². The van der Waals surface area contributed by atoms with Gasteiger partial charge in [-0.1, -0.05) is 18.2 Å². The van der Waals surface area contributed by atoms with Crippen LogP contribution in [0.3, 0.4) is 0 Å². The molecular weight excluding hydrogens is 250 g/mol. The summed E-state index contributed by atoms with van der Waals surface area (Å²) in [6, 6.07) is 20.2. The topological polar surface area (TPSA) is 12.9 Å². The number of aromatic nitrogens is 1. The molecule has 89 valence electrons. The third-order valence-corrected chi connectivity index (χ3v) is 4.44. The van der Waals surface area contributed by atoms with Gasteiger partial charge in [0.2, 0.25) is 0 Å². The lowest BCUT2D eigenvalue weighted by Crippen LogP contribution is -1.77. The van der Waals surface area contributed by atoms with E-state index in [-0.39, 0.29) is 0 Å². The molecule has 1 radical (unpaired) electrons. The third-order valence-electron chi connectivity index (χ3n) is 3.30. The third kappa shape index (κ3) is 1.72. The van der Waals surface area contributed by atoms with Gasteiger partial charge in [0.25, 0.3) is 0 Å². The summed E-state index contributed by atoms with van der Waals surface area (Å²) in [5, 5.41) is 2.51. The molecule has 0 saturated carbocycles. The molecule has 0 saturated heterocycles. The molecule has 0 aliphatic carbocycles. The van der Waals surface area contributed by atoms with Gasteiger partial charge in [0, 0.05) is 32.6 Å². The Morgan fingerprint density at radius 1 is 0.895 bits per heavy atom. The Kier molecular flexibility index (Phi) is 2.35. The van der Waals surface area contributed by atoms with E-state index < -0.39 is 0 Å². The van der Waals surface area contributed by atoms with E-state index in [1.54, 1.807) is 0 Å². The maximum absolute atomic E-state index is 4.07. The van der Waals surface area contributed by atoms with Gasteiger partial charge in [-0.15, -0.1) is 11.3 Å². The second-order valence-electron chi connectivity index (χ2n) is 4.46. The Labute approximate surface area is 115 Å². The van der Waals surface area contributed by atoms with E-state index in [0.717, 1.165) is 0 Å².